The quantitative estimate of drug-likeness (QED) is 0.516. The SMILES string of the molecule is CCS(=O)(=O)N1CCN(c2ccc([N+](=O)[O-])c(Sc3nncn3C)c2)CC1. The maximum Gasteiger partial charge on any atom is 0.283 e. The fourth-order valence-electron chi connectivity index (χ4n) is 2.80. The molecule has 0 N–H and O–H groups in total. The van der Waals surface area contributed by atoms with Crippen LogP contribution in [0.4, 0.5) is 11.4 Å². The van der Waals surface area contributed by atoms with Gasteiger partial charge in [-0.2, -0.15) is 4.31 Å². The molecule has 146 valence electrons. The molecule has 1 aliphatic rings. The standard InChI is InChI=1S/C15H20N6O4S2/c1-3-27(24,25)20-8-6-19(7-9-20)12-4-5-13(21(22)23)14(10-12)26-15-17-16-11-18(15)2/h4-5,10-11H,3,6-9H2,1-2H3. The molecule has 3 rings (SSSR count). The molecule has 1 saturated heterocycles. The summed E-state index contributed by atoms with van der Waals surface area (Å²) >= 11 is 1.18. The second-order valence-corrected chi connectivity index (χ2v) is 9.29. The Labute approximate surface area is 161 Å². The van der Waals surface area contributed by atoms with Gasteiger partial charge in [0.05, 0.1) is 15.6 Å². The number of piperazine rings is 1. The fourth-order valence-corrected chi connectivity index (χ4v) is 4.79. The second-order valence-electron chi connectivity index (χ2n) is 6.02. The van der Waals surface area contributed by atoms with E-state index in [4.69, 9.17) is 0 Å². The van der Waals surface area contributed by atoms with Crippen LogP contribution in [-0.2, 0) is 17.1 Å². The van der Waals surface area contributed by atoms with Crippen LogP contribution in [0.3, 0.4) is 0 Å². The number of hydrogen-bond acceptors (Lipinski definition) is 8. The Balaban J connectivity index is 1.82. The topological polar surface area (TPSA) is 114 Å². The first-order valence-electron chi connectivity index (χ1n) is 8.35. The largest absolute Gasteiger partial charge is 0.369 e. The summed E-state index contributed by atoms with van der Waals surface area (Å²) in [6, 6.07) is 4.92. The number of nitro groups is 1. The zero-order valence-electron chi connectivity index (χ0n) is 15.0. The van der Waals surface area contributed by atoms with Crippen molar-refractivity contribution in [1.82, 2.24) is 19.1 Å². The van der Waals surface area contributed by atoms with Crippen LogP contribution in [0.1, 0.15) is 6.92 Å². The lowest BCUT2D eigenvalue weighted by Gasteiger charge is -2.35. The van der Waals surface area contributed by atoms with E-state index in [1.165, 1.54) is 28.5 Å². The van der Waals surface area contributed by atoms with Gasteiger partial charge in [0.2, 0.25) is 10.0 Å². The number of sulfonamides is 1. The maximum atomic E-state index is 12.0. The molecular weight excluding hydrogens is 392 g/mol. The molecule has 0 atom stereocenters. The summed E-state index contributed by atoms with van der Waals surface area (Å²) in [4.78, 5) is 13.5. The summed E-state index contributed by atoms with van der Waals surface area (Å²) in [5, 5.41) is 19.7. The molecule has 12 heteroatoms. The second kappa shape index (κ2) is 7.82. The van der Waals surface area contributed by atoms with Crippen molar-refractivity contribution in [2.75, 3.05) is 36.8 Å². The van der Waals surface area contributed by atoms with Crippen LogP contribution in [-0.4, -0.2) is 64.3 Å². The lowest BCUT2D eigenvalue weighted by Crippen LogP contribution is -2.49. The molecule has 0 radical (unpaired) electrons. The number of rotatable bonds is 6. The van der Waals surface area contributed by atoms with E-state index >= 15 is 0 Å². The van der Waals surface area contributed by atoms with Crippen molar-refractivity contribution in [2.24, 2.45) is 7.05 Å². The predicted molar refractivity (Wildman–Crippen MR) is 101 cm³/mol. The molecule has 10 nitrogen and oxygen atoms in total. The smallest absolute Gasteiger partial charge is 0.283 e. The number of aryl methyl sites for hydroxylation is 1. The third-order valence-electron chi connectivity index (χ3n) is 4.37. The molecule has 2 aromatic rings. The highest BCUT2D eigenvalue weighted by atomic mass is 32.2. The lowest BCUT2D eigenvalue weighted by atomic mass is 10.2. The molecule has 0 saturated carbocycles. The molecule has 1 aromatic heterocycles. The number of nitro benzene ring substituents is 1. The zero-order valence-corrected chi connectivity index (χ0v) is 16.6. The Hall–Kier alpha value is -2.18. The van der Waals surface area contributed by atoms with E-state index in [0.29, 0.717) is 36.2 Å². The van der Waals surface area contributed by atoms with Gasteiger partial charge in [-0.3, -0.25) is 10.1 Å². The summed E-state index contributed by atoms with van der Waals surface area (Å²) in [5.41, 5.74) is 0.817. The highest BCUT2D eigenvalue weighted by molar-refractivity contribution is 7.99. The van der Waals surface area contributed by atoms with E-state index in [1.54, 1.807) is 30.7 Å². The van der Waals surface area contributed by atoms with Gasteiger partial charge in [0.25, 0.3) is 5.69 Å². The van der Waals surface area contributed by atoms with E-state index in [1.807, 2.05) is 4.90 Å². The Morgan fingerprint density at radius 3 is 2.52 bits per heavy atom. The molecule has 1 aliphatic heterocycles. The van der Waals surface area contributed by atoms with Crippen LogP contribution >= 0.6 is 11.8 Å². The molecule has 0 spiro atoms. The highest BCUT2D eigenvalue weighted by Crippen LogP contribution is 2.36. The number of aromatic nitrogens is 3. The summed E-state index contributed by atoms with van der Waals surface area (Å²) in [7, 11) is -1.43. The highest BCUT2D eigenvalue weighted by Gasteiger charge is 2.26. The Bertz CT molecular complexity index is 938. The van der Waals surface area contributed by atoms with Crippen LogP contribution in [0, 0.1) is 10.1 Å². The first-order valence-corrected chi connectivity index (χ1v) is 10.8. The van der Waals surface area contributed by atoms with E-state index in [-0.39, 0.29) is 11.4 Å². The summed E-state index contributed by atoms with van der Waals surface area (Å²) in [6.45, 7) is 3.50. The van der Waals surface area contributed by atoms with Crippen molar-refractivity contribution in [1.29, 1.82) is 0 Å². The van der Waals surface area contributed by atoms with Crippen molar-refractivity contribution in [3.05, 3.63) is 34.6 Å². The minimum Gasteiger partial charge on any atom is -0.369 e. The van der Waals surface area contributed by atoms with Gasteiger partial charge >= 0.3 is 0 Å². The van der Waals surface area contributed by atoms with E-state index in [9.17, 15) is 18.5 Å². The lowest BCUT2D eigenvalue weighted by molar-refractivity contribution is -0.387. The molecule has 0 aliphatic carbocycles. The molecule has 1 fully saturated rings. The van der Waals surface area contributed by atoms with Gasteiger partial charge < -0.3 is 9.47 Å². The molecule has 0 bridgehead atoms. The van der Waals surface area contributed by atoms with Gasteiger partial charge in [0.15, 0.2) is 5.16 Å². The van der Waals surface area contributed by atoms with Gasteiger partial charge in [-0.1, -0.05) is 0 Å². The van der Waals surface area contributed by atoms with E-state index in [0.717, 1.165) is 5.69 Å². The summed E-state index contributed by atoms with van der Waals surface area (Å²) in [5.74, 6) is 0.0863. The van der Waals surface area contributed by atoms with Crippen LogP contribution < -0.4 is 4.90 Å². The Morgan fingerprint density at radius 1 is 1.26 bits per heavy atom. The maximum absolute atomic E-state index is 12.0. The number of nitrogens with zero attached hydrogens (tertiary/aromatic N) is 6. The van der Waals surface area contributed by atoms with Crippen molar-refractivity contribution in [3.63, 3.8) is 0 Å². The van der Waals surface area contributed by atoms with Gasteiger partial charge in [-0.15, -0.1) is 10.2 Å². The minimum atomic E-state index is -3.20. The Kier molecular flexibility index (Phi) is 5.67. The third kappa shape index (κ3) is 4.22. The number of anilines is 1. The van der Waals surface area contributed by atoms with Gasteiger partial charge in [0.1, 0.15) is 6.33 Å². The van der Waals surface area contributed by atoms with Gasteiger partial charge in [0, 0.05) is 45.0 Å². The minimum absolute atomic E-state index is 0.000975. The van der Waals surface area contributed by atoms with Gasteiger partial charge in [-0.25, -0.2) is 8.42 Å². The molecule has 0 amide bonds. The monoisotopic (exact) mass is 412 g/mol. The molecule has 2 heterocycles. The van der Waals surface area contributed by atoms with Crippen LogP contribution in [0.2, 0.25) is 0 Å². The Morgan fingerprint density at radius 2 is 1.96 bits per heavy atom. The van der Waals surface area contributed by atoms with Crippen molar-refractivity contribution < 1.29 is 13.3 Å². The fraction of sp³-hybridized carbons (Fsp3) is 0.467. The van der Waals surface area contributed by atoms with Crippen LogP contribution in [0.15, 0.2) is 34.6 Å². The first-order chi connectivity index (χ1) is 12.8. The van der Waals surface area contributed by atoms with E-state index < -0.39 is 14.9 Å². The molecule has 0 unspecified atom stereocenters. The summed E-state index contributed by atoms with van der Waals surface area (Å²) in [6.07, 6.45) is 1.53. The third-order valence-corrected chi connectivity index (χ3v) is 7.35. The first kappa shape index (κ1) is 19.6. The molecular formula is C15H20N6O4S2. The average Bonchev–Trinajstić information content (AvgIpc) is 3.06. The molecule has 1 aromatic carbocycles. The average molecular weight is 412 g/mol. The molecule has 27 heavy (non-hydrogen) atoms. The predicted octanol–water partition coefficient (Wildman–Crippen LogP) is 1.35. The summed E-state index contributed by atoms with van der Waals surface area (Å²) < 4.78 is 27.2. The van der Waals surface area contributed by atoms with Gasteiger partial charge in [-0.05, 0) is 30.8 Å². The zero-order chi connectivity index (χ0) is 19.6. The van der Waals surface area contributed by atoms with Crippen LogP contribution in [0.25, 0.3) is 0 Å². The number of benzene rings is 1. The van der Waals surface area contributed by atoms with Crippen LogP contribution in [0.5, 0.6) is 0 Å². The normalized spacial score (nSPS) is 15.9. The van der Waals surface area contributed by atoms with Crippen molar-refractivity contribution >= 4 is 33.2 Å². The van der Waals surface area contributed by atoms with Crippen molar-refractivity contribution in [3.8, 4) is 0 Å². The van der Waals surface area contributed by atoms with Crippen molar-refractivity contribution in [2.45, 2.75) is 17.0 Å². The van der Waals surface area contributed by atoms with E-state index in [2.05, 4.69) is 10.2 Å². The number of hydrogen-bond donors (Lipinski definition) is 0.